The largest absolute Gasteiger partial charge is 0.464 e. The first-order valence-corrected chi connectivity index (χ1v) is 9.46. The van der Waals surface area contributed by atoms with E-state index in [9.17, 15) is 13.2 Å². The fourth-order valence-corrected chi connectivity index (χ4v) is 4.23. The predicted molar refractivity (Wildman–Crippen MR) is 77.2 cm³/mol. The van der Waals surface area contributed by atoms with Crippen LogP contribution in [0.4, 0.5) is 0 Å². The molecule has 0 aromatic heterocycles. The van der Waals surface area contributed by atoms with E-state index in [1.54, 1.807) is 0 Å². The maximum atomic E-state index is 11.7. The fourth-order valence-electron chi connectivity index (χ4n) is 2.95. The van der Waals surface area contributed by atoms with E-state index >= 15 is 0 Å². The van der Waals surface area contributed by atoms with Gasteiger partial charge in [0.25, 0.3) is 0 Å². The lowest BCUT2D eigenvalue weighted by atomic mass is 9.87. The summed E-state index contributed by atoms with van der Waals surface area (Å²) < 4.78 is 27.8. The van der Waals surface area contributed by atoms with Gasteiger partial charge in [-0.3, -0.25) is 9.69 Å². The molecule has 20 heavy (non-hydrogen) atoms. The highest BCUT2D eigenvalue weighted by atomic mass is 32.2. The van der Waals surface area contributed by atoms with E-state index in [1.165, 1.54) is 19.3 Å². The molecule has 5 nitrogen and oxygen atoms in total. The van der Waals surface area contributed by atoms with Crippen molar-refractivity contribution in [3.63, 3.8) is 0 Å². The van der Waals surface area contributed by atoms with Crippen molar-refractivity contribution in [2.75, 3.05) is 37.7 Å². The number of hydrogen-bond acceptors (Lipinski definition) is 5. The summed E-state index contributed by atoms with van der Waals surface area (Å²) >= 11 is 0. The molecular formula is C14H25NO4S. The molecule has 0 atom stereocenters. The van der Waals surface area contributed by atoms with E-state index in [1.807, 2.05) is 0 Å². The van der Waals surface area contributed by atoms with Gasteiger partial charge in [-0.25, -0.2) is 8.42 Å². The number of rotatable bonds is 5. The highest BCUT2D eigenvalue weighted by molar-refractivity contribution is 7.91. The van der Waals surface area contributed by atoms with E-state index < -0.39 is 9.84 Å². The van der Waals surface area contributed by atoms with Crippen molar-refractivity contribution in [3.05, 3.63) is 0 Å². The third-order valence-electron chi connectivity index (χ3n) is 4.29. The van der Waals surface area contributed by atoms with E-state index in [2.05, 4.69) is 4.90 Å². The molecule has 0 bridgehead atoms. The van der Waals surface area contributed by atoms with Crippen LogP contribution in [0.5, 0.6) is 0 Å². The second kappa shape index (κ2) is 7.41. The Labute approximate surface area is 121 Å². The minimum atomic E-state index is -2.83. The summed E-state index contributed by atoms with van der Waals surface area (Å²) in [5.74, 6) is 0.865. The second-order valence-electron chi connectivity index (χ2n) is 5.92. The first-order chi connectivity index (χ1) is 9.55. The van der Waals surface area contributed by atoms with Crippen LogP contribution in [-0.4, -0.2) is 57.0 Å². The predicted octanol–water partition coefficient (Wildman–Crippen LogP) is 1.23. The molecule has 1 saturated carbocycles. The molecule has 1 aliphatic carbocycles. The summed E-state index contributed by atoms with van der Waals surface area (Å²) in [7, 11) is -2.83. The Balaban J connectivity index is 1.57. The lowest BCUT2D eigenvalue weighted by Crippen LogP contribution is -2.41. The van der Waals surface area contributed by atoms with Crippen molar-refractivity contribution in [2.45, 2.75) is 38.5 Å². The van der Waals surface area contributed by atoms with Crippen LogP contribution in [0.25, 0.3) is 0 Å². The molecule has 0 radical (unpaired) electrons. The van der Waals surface area contributed by atoms with Crippen molar-refractivity contribution < 1.29 is 17.9 Å². The van der Waals surface area contributed by atoms with Crippen molar-refractivity contribution >= 4 is 15.8 Å². The molecule has 0 spiro atoms. The Morgan fingerprint density at radius 1 is 1.10 bits per heavy atom. The average Bonchev–Trinajstić information content (AvgIpc) is 2.42. The van der Waals surface area contributed by atoms with Gasteiger partial charge in [-0.05, 0) is 18.8 Å². The fraction of sp³-hybridized carbons (Fsp3) is 0.929. The minimum Gasteiger partial charge on any atom is -0.464 e. The highest BCUT2D eigenvalue weighted by Gasteiger charge is 2.22. The summed E-state index contributed by atoms with van der Waals surface area (Å²) in [4.78, 5) is 13.8. The van der Waals surface area contributed by atoms with Crippen LogP contribution in [0.1, 0.15) is 38.5 Å². The molecule has 0 N–H and O–H groups in total. The third-order valence-corrected chi connectivity index (χ3v) is 5.90. The van der Waals surface area contributed by atoms with Crippen molar-refractivity contribution in [1.29, 1.82) is 0 Å². The lowest BCUT2D eigenvalue weighted by Gasteiger charge is -2.26. The summed E-state index contributed by atoms with van der Waals surface area (Å²) in [6.07, 6.45) is 6.62. The molecule has 2 aliphatic rings. The smallest absolute Gasteiger partial charge is 0.306 e. The van der Waals surface area contributed by atoms with Gasteiger partial charge >= 0.3 is 5.97 Å². The maximum absolute atomic E-state index is 11.7. The molecule has 2 rings (SSSR count). The van der Waals surface area contributed by atoms with Gasteiger partial charge in [0.05, 0.1) is 11.5 Å². The highest BCUT2D eigenvalue weighted by Crippen LogP contribution is 2.26. The zero-order valence-electron chi connectivity index (χ0n) is 12.1. The molecule has 0 amide bonds. The van der Waals surface area contributed by atoms with E-state index in [-0.39, 0.29) is 17.5 Å². The SMILES string of the molecule is O=C(CC1CCCCC1)OCCN1CCS(=O)(=O)CC1. The zero-order chi connectivity index (χ0) is 14.4. The molecule has 1 heterocycles. The Morgan fingerprint density at radius 2 is 1.75 bits per heavy atom. The molecule has 116 valence electrons. The molecular weight excluding hydrogens is 278 g/mol. The topological polar surface area (TPSA) is 63.7 Å². The van der Waals surface area contributed by atoms with Crippen molar-refractivity contribution in [1.82, 2.24) is 4.90 Å². The van der Waals surface area contributed by atoms with Crippen LogP contribution in [-0.2, 0) is 19.4 Å². The third kappa shape index (κ3) is 5.40. The number of esters is 1. The van der Waals surface area contributed by atoms with Gasteiger partial charge in [-0.1, -0.05) is 19.3 Å². The van der Waals surface area contributed by atoms with Crippen molar-refractivity contribution in [2.24, 2.45) is 5.92 Å². The average molecular weight is 303 g/mol. The van der Waals surface area contributed by atoms with Gasteiger partial charge in [-0.2, -0.15) is 0 Å². The van der Waals surface area contributed by atoms with E-state index in [0.717, 1.165) is 12.8 Å². The number of hydrogen-bond donors (Lipinski definition) is 0. The van der Waals surface area contributed by atoms with Gasteiger partial charge < -0.3 is 4.74 Å². The van der Waals surface area contributed by atoms with Crippen LogP contribution in [0.3, 0.4) is 0 Å². The molecule has 0 unspecified atom stereocenters. The van der Waals surface area contributed by atoms with Crippen LogP contribution in [0, 0.1) is 5.92 Å². The number of carbonyl (C=O) groups excluding carboxylic acids is 1. The van der Waals surface area contributed by atoms with E-state index in [0.29, 0.717) is 38.6 Å². The minimum absolute atomic E-state index is 0.0958. The number of nitrogens with zero attached hydrogens (tertiary/aromatic N) is 1. The first-order valence-electron chi connectivity index (χ1n) is 7.63. The number of sulfone groups is 1. The Kier molecular flexibility index (Phi) is 5.84. The van der Waals surface area contributed by atoms with Gasteiger partial charge in [0, 0.05) is 26.1 Å². The van der Waals surface area contributed by atoms with Gasteiger partial charge in [0.1, 0.15) is 6.61 Å². The second-order valence-corrected chi connectivity index (χ2v) is 8.23. The summed E-state index contributed by atoms with van der Waals surface area (Å²) in [5.41, 5.74) is 0. The monoisotopic (exact) mass is 303 g/mol. The molecule has 1 aliphatic heterocycles. The van der Waals surface area contributed by atoms with Crippen LogP contribution in [0.2, 0.25) is 0 Å². The Morgan fingerprint density at radius 3 is 2.40 bits per heavy atom. The zero-order valence-corrected chi connectivity index (χ0v) is 12.9. The molecule has 1 saturated heterocycles. The number of ether oxygens (including phenoxy) is 1. The van der Waals surface area contributed by atoms with Gasteiger partial charge in [0.2, 0.25) is 0 Å². The van der Waals surface area contributed by atoms with E-state index in [4.69, 9.17) is 4.74 Å². The summed E-state index contributed by atoms with van der Waals surface area (Å²) in [6.45, 7) is 2.14. The molecule has 6 heteroatoms. The normalized spacial score (nSPS) is 24.4. The summed E-state index contributed by atoms with van der Waals surface area (Å²) in [6, 6.07) is 0. The Hall–Kier alpha value is -0.620. The summed E-state index contributed by atoms with van der Waals surface area (Å²) in [5, 5.41) is 0. The van der Waals surface area contributed by atoms with Crippen LogP contribution < -0.4 is 0 Å². The molecule has 0 aromatic carbocycles. The van der Waals surface area contributed by atoms with Crippen molar-refractivity contribution in [3.8, 4) is 0 Å². The lowest BCUT2D eigenvalue weighted by molar-refractivity contribution is -0.145. The Bertz CT molecular complexity index is 401. The molecule has 0 aromatic rings. The van der Waals surface area contributed by atoms with Crippen LogP contribution in [0.15, 0.2) is 0 Å². The number of carbonyl (C=O) groups is 1. The van der Waals surface area contributed by atoms with Gasteiger partial charge in [-0.15, -0.1) is 0 Å². The van der Waals surface area contributed by atoms with Crippen LogP contribution >= 0.6 is 0 Å². The molecule has 2 fully saturated rings. The quantitative estimate of drug-likeness (QED) is 0.715. The first kappa shape index (κ1) is 15.8. The standard InChI is InChI=1S/C14H25NO4S/c16-14(12-13-4-2-1-3-5-13)19-9-6-15-7-10-20(17,18)11-8-15/h13H,1-12H2. The maximum Gasteiger partial charge on any atom is 0.306 e. The van der Waals surface area contributed by atoms with Gasteiger partial charge in [0.15, 0.2) is 9.84 Å².